The Morgan fingerprint density at radius 3 is 2.92 bits per heavy atom. The summed E-state index contributed by atoms with van der Waals surface area (Å²) in [6.07, 6.45) is 6.13. The number of imidazole rings is 1. The first kappa shape index (κ1) is 15.8. The van der Waals surface area contributed by atoms with Gasteiger partial charge in [-0.25, -0.2) is 9.67 Å². The lowest BCUT2D eigenvalue weighted by Gasteiger charge is -2.03. The van der Waals surface area contributed by atoms with Gasteiger partial charge in [0.2, 0.25) is 5.82 Å². The van der Waals surface area contributed by atoms with E-state index < -0.39 is 4.92 Å². The summed E-state index contributed by atoms with van der Waals surface area (Å²) in [5, 5.41) is 20.9. The fourth-order valence-electron chi connectivity index (χ4n) is 2.25. The second-order valence-electron chi connectivity index (χ2n) is 4.85. The molecule has 0 aliphatic rings. The van der Waals surface area contributed by atoms with E-state index in [-0.39, 0.29) is 11.6 Å². The van der Waals surface area contributed by atoms with Crippen LogP contribution in [0.25, 0.3) is 10.8 Å². The smallest absolute Gasteiger partial charge is 0.358 e. The molecule has 0 spiro atoms. The molecular weight excluding hydrogens is 389 g/mol. The molecule has 0 saturated carbocycles. The van der Waals surface area contributed by atoms with Gasteiger partial charge in [-0.3, -0.25) is 0 Å². The quantitative estimate of drug-likeness (QED) is 0.414. The molecule has 4 aromatic heterocycles. The molecule has 0 saturated heterocycles. The van der Waals surface area contributed by atoms with Crippen LogP contribution < -0.4 is 5.32 Å². The van der Waals surface area contributed by atoms with Crippen molar-refractivity contribution in [2.75, 3.05) is 5.32 Å². The molecule has 0 radical (unpaired) electrons. The fourth-order valence-corrected chi connectivity index (χ4v) is 3.42. The molecule has 4 heterocycles. The lowest BCUT2D eigenvalue weighted by molar-refractivity contribution is -0.389. The number of aromatic nitrogens is 5. The second kappa shape index (κ2) is 5.99. The SMILES string of the molecule is O=[N+]([O-])c1c(Nc2cnn(-c3ncc(Cl)cc3Cl)c2)nc2sccn12. The third-order valence-electron chi connectivity index (χ3n) is 3.26. The molecule has 0 aromatic carbocycles. The number of fused-ring (bicyclic) bond motifs is 1. The Labute approximate surface area is 153 Å². The summed E-state index contributed by atoms with van der Waals surface area (Å²) in [5.41, 5.74) is 0.502. The summed E-state index contributed by atoms with van der Waals surface area (Å²) >= 11 is 13.2. The number of nitrogens with zero attached hydrogens (tertiary/aromatic N) is 6. The average Bonchev–Trinajstić information content (AvgIpc) is 3.23. The highest BCUT2D eigenvalue weighted by atomic mass is 35.5. The van der Waals surface area contributed by atoms with E-state index >= 15 is 0 Å². The Morgan fingerprint density at radius 1 is 1.32 bits per heavy atom. The van der Waals surface area contributed by atoms with Gasteiger partial charge in [-0.15, -0.1) is 0 Å². The maximum atomic E-state index is 11.3. The summed E-state index contributed by atoms with van der Waals surface area (Å²) < 4.78 is 2.85. The Bertz CT molecular complexity index is 1100. The highest BCUT2D eigenvalue weighted by molar-refractivity contribution is 7.15. The maximum Gasteiger partial charge on any atom is 0.373 e. The van der Waals surface area contributed by atoms with Crippen LogP contribution in [0.2, 0.25) is 10.0 Å². The zero-order valence-electron chi connectivity index (χ0n) is 12.1. The topological polar surface area (TPSA) is 103 Å². The molecule has 0 fully saturated rings. The maximum absolute atomic E-state index is 11.3. The van der Waals surface area contributed by atoms with Crippen LogP contribution in [0.1, 0.15) is 0 Å². The summed E-state index contributed by atoms with van der Waals surface area (Å²) in [6, 6.07) is 1.55. The molecule has 0 bridgehead atoms. The number of hydrogen-bond acceptors (Lipinski definition) is 7. The minimum atomic E-state index is -0.489. The third kappa shape index (κ3) is 2.80. The molecule has 0 aliphatic carbocycles. The van der Waals surface area contributed by atoms with Gasteiger partial charge in [0, 0.05) is 11.6 Å². The molecule has 1 N–H and O–H groups in total. The number of nitrogens with one attached hydrogen (secondary N) is 1. The first-order valence-corrected chi connectivity index (χ1v) is 8.39. The van der Waals surface area contributed by atoms with Gasteiger partial charge in [-0.2, -0.15) is 14.5 Å². The van der Waals surface area contributed by atoms with Crippen LogP contribution in [0.15, 0.2) is 36.2 Å². The van der Waals surface area contributed by atoms with Crippen LogP contribution in [0.5, 0.6) is 0 Å². The number of anilines is 2. The minimum Gasteiger partial charge on any atom is -0.358 e. The summed E-state index contributed by atoms with van der Waals surface area (Å²) in [4.78, 5) is 19.7. The monoisotopic (exact) mass is 395 g/mol. The van der Waals surface area contributed by atoms with Crippen molar-refractivity contribution in [2.24, 2.45) is 0 Å². The van der Waals surface area contributed by atoms with Crippen molar-refractivity contribution >= 4 is 56.8 Å². The zero-order valence-corrected chi connectivity index (χ0v) is 14.5. The van der Waals surface area contributed by atoms with Gasteiger partial charge >= 0.3 is 5.82 Å². The van der Waals surface area contributed by atoms with Crippen molar-refractivity contribution in [3.63, 3.8) is 0 Å². The molecule has 0 atom stereocenters. The van der Waals surface area contributed by atoms with Gasteiger partial charge in [0.15, 0.2) is 5.82 Å². The van der Waals surface area contributed by atoms with Crippen LogP contribution in [0, 0.1) is 10.1 Å². The average molecular weight is 396 g/mol. The van der Waals surface area contributed by atoms with Crippen molar-refractivity contribution in [1.29, 1.82) is 0 Å². The molecule has 0 aliphatic heterocycles. The molecule has 0 unspecified atom stereocenters. The molecule has 4 aromatic rings. The lowest BCUT2D eigenvalue weighted by Crippen LogP contribution is -1.99. The van der Waals surface area contributed by atoms with E-state index in [1.165, 1.54) is 32.8 Å². The highest BCUT2D eigenvalue weighted by Gasteiger charge is 2.24. The summed E-state index contributed by atoms with van der Waals surface area (Å²) in [6.45, 7) is 0. The number of halogens is 2. The lowest BCUT2D eigenvalue weighted by atomic mass is 10.4. The standard InChI is InChI=1S/C13H7Cl2N7O2S/c14-7-3-9(15)11(16-4-7)21-6-8(5-17-21)18-10-12(22(23)24)20-1-2-25-13(20)19-10/h1-6,18H. The van der Waals surface area contributed by atoms with E-state index in [9.17, 15) is 10.1 Å². The molecule has 12 heteroatoms. The van der Waals surface area contributed by atoms with E-state index in [0.29, 0.717) is 26.5 Å². The Morgan fingerprint density at radius 2 is 2.16 bits per heavy atom. The van der Waals surface area contributed by atoms with E-state index in [2.05, 4.69) is 20.4 Å². The molecule has 0 amide bonds. The second-order valence-corrected chi connectivity index (χ2v) is 6.57. The van der Waals surface area contributed by atoms with Gasteiger partial charge in [-0.05, 0) is 11.0 Å². The van der Waals surface area contributed by atoms with Gasteiger partial charge in [0.1, 0.15) is 6.20 Å². The van der Waals surface area contributed by atoms with Crippen LogP contribution in [0.4, 0.5) is 17.3 Å². The number of pyridine rings is 1. The van der Waals surface area contributed by atoms with Crippen molar-refractivity contribution in [3.8, 4) is 5.82 Å². The number of rotatable bonds is 4. The van der Waals surface area contributed by atoms with E-state index in [4.69, 9.17) is 23.2 Å². The van der Waals surface area contributed by atoms with Gasteiger partial charge < -0.3 is 15.4 Å². The van der Waals surface area contributed by atoms with Gasteiger partial charge in [-0.1, -0.05) is 34.5 Å². The Kier molecular flexibility index (Phi) is 3.79. The Balaban J connectivity index is 1.69. The van der Waals surface area contributed by atoms with E-state index in [1.54, 1.807) is 23.8 Å². The number of nitro groups is 1. The number of hydrogen-bond donors (Lipinski definition) is 1. The largest absolute Gasteiger partial charge is 0.373 e. The highest BCUT2D eigenvalue weighted by Crippen LogP contribution is 2.30. The zero-order chi connectivity index (χ0) is 17.6. The van der Waals surface area contributed by atoms with Gasteiger partial charge in [0.05, 0.1) is 28.1 Å². The predicted octanol–water partition coefficient (Wildman–Crippen LogP) is 3.94. The number of thiazole rings is 1. The van der Waals surface area contributed by atoms with Crippen LogP contribution in [0.3, 0.4) is 0 Å². The molecular formula is C13H7Cl2N7O2S. The third-order valence-corrected chi connectivity index (χ3v) is 4.50. The summed E-state index contributed by atoms with van der Waals surface area (Å²) in [5.74, 6) is 0.373. The van der Waals surface area contributed by atoms with Crippen molar-refractivity contribution < 1.29 is 4.92 Å². The van der Waals surface area contributed by atoms with Gasteiger partial charge in [0.25, 0.3) is 4.96 Å². The Hall–Kier alpha value is -2.69. The first-order valence-electron chi connectivity index (χ1n) is 6.76. The van der Waals surface area contributed by atoms with Crippen LogP contribution in [-0.4, -0.2) is 29.1 Å². The van der Waals surface area contributed by atoms with Crippen molar-refractivity contribution in [3.05, 3.63) is 56.4 Å². The molecule has 25 heavy (non-hydrogen) atoms. The van der Waals surface area contributed by atoms with E-state index in [0.717, 1.165) is 0 Å². The normalized spacial score (nSPS) is 11.1. The van der Waals surface area contributed by atoms with Crippen molar-refractivity contribution in [2.45, 2.75) is 0 Å². The van der Waals surface area contributed by atoms with Crippen LogP contribution >= 0.6 is 34.5 Å². The fraction of sp³-hybridized carbons (Fsp3) is 0. The first-order chi connectivity index (χ1) is 12.0. The molecule has 4 rings (SSSR count). The predicted molar refractivity (Wildman–Crippen MR) is 94.4 cm³/mol. The molecule has 9 nitrogen and oxygen atoms in total. The minimum absolute atomic E-state index is 0.131. The summed E-state index contributed by atoms with van der Waals surface area (Å²) in [7, 11) is 0. The van der Waals surface area contributed by atoms with Crippen LogP contribution in [-0.2, 0) is 0 Å². The van der Waals surface area contributed by atoms with E-state index in [1.807, 2.05) is 0 Å². The molecule has 126 valence electrons. The van der Waals surface area contributed by atoms with Crippen molar-refractivity contribution in [1.82, 2.24) is 24.1 Å².